The average Bonchev–Trinajstić information content (AvgIpc) is 2.90. The minimum atomic E-state index is -0.281. The summed E-state index contributed by atoms with van der Waals surface area (Å²) in [6.45, 7) is 0.345. The van der Waals surface area contributed by atoms with Crippen LogP contribution in [0.5, 0.6) is 11.5 Å². The highest BCUT2D eigenvalue weighted by Gasteiger charge is 2.17. The largest absolute Gasteiger partial charge is 0.507 e. The molecule has 1 heterocycles. The molecule has 2 aromatic rings. The van der Waals surface area contributed by atoms with Gasteiger partial charge < -0.3 is 19.7 Å². The number of rotatable bonds is 4. The topological polar surface area (TPSA) is 78.5 Å². The van der Waals surface area contributed by atoms with E-state index in [9.17, 15) is 9.90 Å². The smallest absolute Gasteiger partial charge is 0.257 e. The number of nitrogens with zero attached hydrogens (tertiary/aromatic N) is 2. The molecule has 6 heteroatoms. The summed E-state index contributed by atoms with van der Waals surface area (Å²) >= 11 is 0. The van der Waals surface area contributed by atoms with Crippen molar-refractivity contribution in [2.75, 3.05) is 14.2 Å². The fraction of sp³-hybridized carbons (Fsp3) is 0.231. The minimum Gasteiger partial charge on any atom is -0.507 e. The first-order chi connectivity index (χ1) is 9.11. The Morgan fingerprint density at radius 3 is 2.89 bits per heavy atom. The number of methoxy groups -OCH3 is 1. The summed E-state index contributed by atoms with van der Waals surface area (Å²) in [5.74, 6) is 0.804. The molecule has 0 bridgehead atoms. The maximum atomic E-state index is 12.2. The Kier molecular flexibility index (Phi) is 3.70. The van der Waals surface area contributed by atoms with Crippen LogP contribution in [0.25, 0.3) is 0 Å². The van der Waals surface area contributed by atoms with E-state index in [-0.39, 0.29) is 17.2 Å². The molecule has 0 aliphatic rings. The Morgan fingerprint density at radius 1 is 1.53 bits per heavy atom. The van der Waals surface area contributed by atoms with Crippen molar-refractivity contribution >= 4 is 5.91 Å². The first-order valence-corrected chi connectivity index (χ1v) is 5.72. The molecule has 6 nitrogen and oxygen atoms in total. The van der Waals surface area contributed by atoms with E-state index in [1.807, 2.05) is 0 Å². The maximum Gasteiger partial charge on any atom is 0.257 e. The first-order valence-electron chi connectivity index (χ1n) is 5.72. The molecular weight excluding hydrogens is 246 g/mol. The zero-order valence-electron chi connectivity index (χ0n) is 10.8. The first kappa shape index (κ1) is 12.9. The highest BCUT2D eigenvalue weighted by atomic mass is 16.5. The molecule has 1 amide bonds. The van der Waals surface area contributed by atoms with E-state index in [1.165, 1.54) is 24.1 Å². The number of amides is 1. The van der Waals surface area contributed by atoms with Gasteiger partial charge in [-0.25, -0.2) is 4.98 Å². The van der Waals surface area contributed by atoms with Crippen LogP contribution in [0.2, 0.25) is 0 Å². The van der Waals surface area contributed by atoms with Crippen molar-refractivity contribution in [3.05, 3.63) is 42.0 Å². The van der Waals surface area contributed by atoms with Gasteiger partial charge in [-0.3, -0.25) is 4.79 Å². The van der Waals surface area contributed by atoms with Gasteiger partial charge in [-0.2, -0.15) is 0 Å². The van der Waals surface area contributed by atoms with Gasteiger partial charge in [-0.1, -0.05) is 0 Å². The van der Waals surface area contributed by atoms with Gasteiger partial charge >= 0.3 is 0 Å². The lowest BCUT2D eigenvalue weighted by Crippen LogP contribution is -2.26. The quantitative estimate of drug-likeness (QED) is 0.872. The summed E-state index contributed by atoms with van der Waals surface area (Å²) < 4.78 is 4.98. The number of phenols is 1. The number of phenolic OH excluding ortho intramolecular Hbond substituents is 1. The monoisotopic (exact) mass is 261 g/mol. The third kappa shape index (κ3) is 2.85. The van der Waals surface area contributed by atoms with Gasteiger partial charge in [-0.05, 0) is 12.1 Å². The third-order valence-corrected chi connectivity index (χ3v) is 2.72. The third-order valence-electron chi connectivity index (χ3n) is 2.72. The predicted molar refractivity (Wildman–Crippen MR) is 69.0 cm³/mol. The van der Waals surface area contributed by atoms with Crippen LogP contribution in [0.3, 0.4) is 0 Å². The lowest BCUT2D eigenvalue weighted by molar-refractivity contribution is 0.0779. The van der Waals surface area contributed by atoms with Gasteiger partial charge in [0.2, 0.25) is 0 Å². The number of nitrogens with one attached hydrogen (secondary N) is 1. The van der Waals surface area contributed by atoms with Crippen molar-refractivity contribution in [2.24, 2.45) is 0 Å². The highest BCUT2D eigenvalue weighted by molar-refractivity contribution is 5.96. The summed E-state index contributed by atoms with van der Waals surface area (Å²) in [6, 6.07) is 4.58. The molecule has 0 atom stereocenters. The molecule has 2 rings (SSSR count). The number of aromatic nitrogens is 2. The van der Waals surface area contributed by atoms with Gasteiger partial charge in [0, 0.05) is 25.5 Å². The van der Waals surface area contributed by atoms with Crippen molar-refractivity contribution in [2.45, 2.75) is 6.54 Å². The number of imidazole rings is 1. The van der Waals surface area contributed by atoms with Crippen LogP contribution in [-0.2, 0) is 6.54 Å². The fourth-order valence-electron chi connectivity index (χ4n) is 1.71. The van der Waals surface area contributed by atoms with Crippen LogP contribution >= 0.6 is 0 Å². The van der Waals surface area contributed by atoms with Crippen LogP contribution in [0, 0.1) is 0 Å². The SMILES string of the molecule is COc1ccc(C(=O)N(C)Cc2ncc[nH]2)c(O)c1. The highest BCUT2D eigenvalue weighted by Crippen LogP contribution is 2.24. The number of hydrogen-bond donors (Lipinski definition) is 2. The molecule has 100 valence electrons. The number of hydrogen-bond acceptors (Lipinski definition) is 4. The maximum absolute atomic E-state index is 12.2. The van der Waals surface area contributed by atoms with E-state index in [4.69, 9.17) is 4.74 Å². The van der Waals surface area contributed by atoms with Crippen LogP contribution in [-0.4, -0.2) is 40.0 Å². The van der Waals surface area contributed by atoms with Crippen molar-refractivity contribution < 1.29 is 14.6 Å². The average molecular weight is 261 g/mol. The Balaban J connectivity index is 2.14. The molecule has 0 saturated carbocycles. The molecule has 2 N–H and O–H groups in total. The van der Waals surface area contributed by atoms with Crippen molar-refractivity contribution in [3.63, 3.8) is 0 Å². The Bertz CT molecular complexity index is 567. The number of benzene rings is 1. The molecule has 0 unspecified atom stereocenters. The van der Waals surface area contributed by atoms with Gasteiger partial charge in [0.1, 0.15) is 17.3 Å². The molecule has 0 spiro atoms. The number of carbonyl (C=O) groups is 1. The van der Waals surface area contributed by atoms with E-state index >= 15 is 0 Å². The van der Waals surface area contributed by atoms with Crippen molar-refractivity contribution in [1.82, 2.24) is 14.9 Å². The molecule has 19 heavy (non-hydrogen) atoms. The van der Waals surface area contributed by atoms with Crippen molar-refractivity contribution in [3.8, 4) is 11.5 Å². The number of ether oxygens (including phenoxy) is 1. The van der Waals surface area contributed by atoms with Crippen LogP contribution < -0.4 is 4.74 Å². The summed E-state index contributed by atoms with van der Waals surface area (Å²) in [4.78, 5) is 20.6. The number of carbonyl (C=O) groups excluding carboxylic acids is 1. The van der Waals surface area contributed by atoms with Gasteiger partial charge in [0.15, 0.2) is 0 Å². The second-order valence-electron chi connectivity index (χ2n) is 4.08. The zero-order chi connectivity index (χ0) is 13.8. The molecular formula is C13H15N3O3. The molecule has 0 radical (unpaired) electrons. The summed E-state index contributed by atoms with van der Waals surface area (Å²) in [5.41, 5.74) is 0.231. The fourth-order valence-corrected chi connectivity index (χ4v) is 1.71. The van der Waals surface area contributed by atoms with Gasteiger partial charge in [-0.15, -0.1) is 0 Å². The second-order valence-corrected chi connectivity index (χ2v) is 4.08. The second kappa shape index (κ2) is 5.43. The Morgan fingerprint density at radius 2 is 2.32 bits per heavy atom. The van der Waals surface area contributed by atoms with E-state index in [0.29, 0.717) is 18.1 Å². The van der Waals surface area contributed by atoms with Gasteiger partial charge in [0.05, 0.1) is 19.2 Å². The normalized spacial score (nSPS) is 10.2. The van der Waals surface area contributed by atoms with Gasteiger partial charge in [0.25, 0.3) is 5.91 Å². The van der Waals surface area contributed by atoms with E-state index in [0.717, 1.165) is 0 Å². The molecule has 1 aromatic carbocycles. The standard InChI is InChI=1S/C13H15N3O3/c1-16(8-12-14-5-6-15-12)13(18)10-4-3-9(19-2)7-11(10)17/h3-7,17H,8H2,1-2H3,(H,14,15). The minimum absolute atomic E-state index is 0.101. The molecule has 1 aromatic heterocycles. The molecule has 0 aliphatic heterocycles. The Hall–Kier alpha value is -2.50. The van der Waals surface area contributed by atoms with E-state index < -0.39 is 0 Å². The van der Waals surface area contributed by atoms with Crippen LogP contribution in [0.15, 0.2) is 30.6 Å². The molecule has 0 aliphatic carbocycles. The lowest BCUT2D eigenvalue weighted by Gasteiger charge is -2.16. The zero-order valence-corrected chi connectivity index (χ0v) is 10.8. The lowest BCUT2D eigenvalue weighted by atomic mass is 10.1. The molecule has 0 fully saturated rings. The predicted octanol–water partition coefficient (Wildman–Crippen LogP) is 1.40. The van der Waals surface area contributed by atoms with Crippen LogP contribution in [0.1, 0.15) is 16.2 Å². The van der Waals surface area contributed by atoms with E-state index in [2.05, 4.69) is 9.97 Å². The summed E-state index contributed by atoms with van der Waals surface area (Å²) in [5, 5.41) is 9.82. The summed E-state index contributed by atoms with van der Waals surface area (Å²) in [6.07, 6.45) is 3.32. The van der Waals surface area contributed by atoms with Crippen molar-refractivity contribution in [1.29, 1.82) is 0 Å². The van der Waals surface area contributed by atoms with Crippen LogP contribution in [0.4, 0.5) is 0 Å². The molecule has 0 saturated heterocycles. The Labute approximate surface area is 110 Å². The number of aromatic hydroxyl groups is 1. The number of aromatic amines is 1. The van der Waals surface area contributed by atoms with E-state index in [1.54, 1.807) is 25.5 Å². The number of H-pyrrole nitrogens is 1. The summed E-state index contributed by atoms with van der Waals surface area (Å²) in [7, 11) is 3.15.